The second kappa shape index (κ2) is 4.41. The van der Waals surface area contributed by atoms with Gasteiger partial charge in [-0.05, 0) is 30.4 Å². The molecule has 4 heteroatoms. The average Bonchev–Trinajstić information content (AvgIpc) is 2.50. The molecule has 1 aliphatic rings. The van der Waals surface area contributed by atoms with E-state index in [1.54, 1.807) is 38.4 Å². The van der Waals surface area contributed by atoms with Crippen LogP contribution in [0.15, 0.2) is 24.3 Å². The summed E-state index contributed by atoms with van der Waals surface area (Å²) in [5, 5.41) is 0. The van der Waals surface area contributed by atoms with Crippen LogP contribution in [-0.2, 0) is 4.79 Å². The number of fused-ring (bicyclic) bond motifs is 1. The Bertz CT molecular complexity index is 503. The minimum absolute atomic E-state index is 0.0461. The molecular formula is C13H13NO3. The second-order valence-corrected chi connectivity index (χ2v) is 4.04. The number of ketones is 1. The summed E-state index contributed by atoms with van der Waals surface area (Å²) >= 11 is 0. The highest BCUT2D eigenvalue weighted by Crippen LogP contribution is 2.24. The number of carbonyl (C=O) groups is 2. The van der Waals surface area contributed by atoms with E-state index in [0.717, 1.165) is 5.56 Å². The number of amides is 1. The normalized spacial score (nSPS) is 13.6. The van der Waals surface area contributed by atoms with Crippen molar-refractivity contribution in [3.63, 3.8) is 0 Å². The fourth-order valence-electron chi connectivity index (χ4n) is 1.58. The minimum atomic E-state index is -0.0818. The van der Waals surface area contributed by atoms with E-state index in [1.165, 1.54) is 11.0 Å². The Kier molecular flexibility index (Phi) is 2.95. The van der Waals surface area contributed by atoms with Crippen molar-refractivity contribution in [2.75, 3.05) is 20.7 Å². The smallest absolute Gasteiger partial charge is 0.253 e. The molecule has 1 heterocycles. The van der Waals surface area contributed by atoms with Crippen molar-refractivity contribution in [3.05, 3.63) is 35.4 Å². The number of benzene rings is 1. The van der Waals surface area contributed by atoms with Gasteiger partial charge in [0, 0.05) is 25.2 Å². The Morgan fingerprint density at radius 2 is 2.06 bits per heavy atom. The number of rotatable bonds is 1. The summed E-state index contributed by atoms with van der Waals surface area (Å²) in [5.41, 5.74) is 1.33. The maximum Gasteiger partial charge on any atom is 0.253 e. The zero-order valence-electron chi connectivity index (χ0n) is 9.77. The standard InChI is InChI=1S/C13H13NO3/c1-14(2)13(16)10-4-6-12-9(7-10)3-5-11(15)8-17-12/h3-7H,8H2,1-2H3. The van der Waals surface area contributed by atoms with Gasteiger partial charge in [0.25, 0.3) is 5.91 Å². The van der Waals surface area contributed by atoms with Gasteiger partial charge in [-0.3, -0.25) is 9.59 Å². The van der Waals surface area contributed by atoms with Crippen molar-refractivity contribution < 1.29 is 14.3 Å². The monoisotopic (exact) mass is 231 g/mol. The zero-order valence-corrected chi connectivity index (χ0v) is 9.77. The van der Waals surface area contributed by atoms with Gasteiger partial charge >= 0.3 is 0 Å². The first-order valence-electron chi connectivity index (χ1n) is 5.27. The molecule has 0 spiro atoms. The summed E-state index contributed by atoms with van der Waals surface area (Å²) in [6, 6.07) is 5.15. The third kappa shape index (κ3) is 2.36. The molecule has 0 atom stereocenters. The van der Waals surface area contributed by atoms with E-state index in [9.17, 15) is 9.59 Å². The van der Waals surface area contributed by atoms with Gasteiger partial charge in [0.2, 0.25) is 0 Å². The van der Waals surface area contributed by atoms with Crippen LogP contribution >= 0.6 is 0 Å². The average molecular weight is 231 g/mol. The van der Waals surface area contributed by atoms with Crippen LogP contribution < -0.4 is 4.74 Å². The number of nitrogens with zero attached hydrogens (tertiary/aromatic N) is 1. The van der Waals surface area contributed by atoms with Crippen LogP contribution in [0.2, 0.25) is 0 Å². The molecule has 0 N–H and O–H groups in total. The van der Waals surface area contributed by atoms with Crippen LogP contribution in [0.3, 0.4) is 0 Å². The summed E-state index contributed by atoms with van der Waals surface area (Å²) in [6.07, 6.45) is 3.15. The third-order valence-corrected chi connectivity index (χ3v) is 2.48. The van der Waals surface area contributed by atoms with Crippen LogP contribution in [0.25, 0.3) is 6.08 Å². The second-order valence-electron chi connectivity index (χ2n) is 4.04. The molecule has 1 aliphatic heterocycles. The minimum Gasteiger partial charge on any atom is -0.485 e. The van der Waals surface area contributed by atoms with Gasteiger partial charge in [-0.2, -0.15) is 0 Å². The highest BCUT2D eigenvalue weighted by atomic mass is 16.5. The van der Waals surface area contributed by atoms with Gasteiger partial charge in [0.15, 0.2) is 12.4 Å². The topological polar surface area (TPSA) is 46.6 Å². The number of hydrogen-bond acceptors (Lipinski definition) is 3. The summed E-state index contributed by atoms with van der Waals surface area (Å²) < 4.78 is 5.32. The predicted octanol–water partition coefficient (Wildman–Crippen LogP) is 1.36. The van der Waals surface area contributed by atoms with Crippen LogP contribution in [0.4, 0.5) is 0 Å². The van der Waals surface area contributed by atoms with Gasteiger partial charge in [0.05, 0.1) is 0 Å². The Labute approximate surface area is 99.5 Å². The van der Waals surface area contributed by atoms with Crippen molar-refractivity contribution in [3.8, 4) is 5.75 Å². The summed E-state index contributed by atoms with van der Waals surface area (Å²) in [5.74, 6) is 0.473. The molecule has 0 unspecified atom stereocenters. The van der Waals surface area contributed by atoms with Gasteiger partial charge in [0.1, 0.15) is 5.75 Å². The number of hydrogen-bond donors (Lipinski definition) is 0. The number of carbonyl (C=O) groups excluding carboxylic acids is 2. The first-order valence-corrected chi connectivity index (χ1v) is 5.27. The molecule has 0 saturated heterocycles. The van der Waals surface area contributed by atoms with Crippen molar-refractivity contribution in [2.45, 2.75) is 0 Å². The van der Waals surface area contributed by atoms with Crippen LogP contribution in [0.5, 0.6) is 5.75 Å². The Morgan fingerprint density at radius 3 is 2.76 bits per heavy atom. The van der Waals surface area contributed by atoms with Crippen LogP contribution in [0.1, 0.15) is 15.9 Å². The lowest BCUT2D eigenvalue weighted by atomic mass is 10.1. The van der Waals surface area contributed by atoms with Crippen molar-refractivity contribution in [1.82, 2.24) is 4.90 Å². The Hall–Kier alpha value is -2.10. The van der Waals surface area contributed by atoms with Gasteiger partial charge in [-0.1, -0.05) is 0 Å². The van der Waals surface area contributed by atoms with E-state index in [2.05, 4.69) is 0 Å². The molecule has 17 heavy (non-hydrogen) atoms. The maximum absolute atomic E-state index is 11.8. The molecule has 2 rings (SSSR count). The van der Waals surface area contributed by atoms with Gasteiger partial charge in [-0.15, -0.1) is 0 Å². The molecule has 0 bridgehead atoms. The summed E-state index contributed by atoms with van der Waals surface area (Å²) in [6.45, 7) is 0.0461. The van der Waals surface area contributed by atoms with Crippen LogP contribution in [-0.4, -0.2) is 37.3 Å². The molecule has 1 amide bonds. The van der Waals surface area contributed by atoms with E-state index in [-0.39, 0.29) is 18.3 Å². The molecule has 0 aromatic heterocycles. The lowest BCUT2D eigenvalue weighted by molar-refractivity contribution is -0.116. The third-order valence-electron chi connectivity index (χ3n) is 2.48. The summed E-state index contributed by atoms with van der Waals surface area (Å²) in [7, 11) is 3.40. The van der Waals surface area contributed by atoms with E-state index in [4.69, 9.17) is 4.74 Å². The molecule has 0 aliphatic carbocycles. The lowest BCUT2D eigenvalue weighted by Gasteiger charge is -2.12. The first kappa shape index (κ1) is 11.4. The fraction of sp³-hybridized carbons (Fsp3) is 0.231. The molecule has 4 nitrogen and oxygen atoms in total. The maximum atomic E-state index is 11.8. The van der Waals surface area contributed by atoms with E-state index in [1.807, 2.05) is 0 Å². The highest BCUT2D eigenvalue weighted by Gasteiger charge is 2.13. The highest BCUT2D eigenvalue weighted by molar-refractivity contribution is 5.98. The van der Waals surface area contributed by atoms with Gasteiger partial charge < -0.3 is 9.64 Å². The molecule has 1 aromatic carbocycles. The van der Waals surface area contributed by atoms with Crippen LogP contribution in [0, 0.1) is 0 Å². The molecule has 1 aromatic rings. The van der Waals surface area contributed by atoms with Crippen molar-refractivity contribution in [2.24, 2.45) is 0 Å². The molecule has 88 valence electrons. The molecular weight excluding hydrogens is 218 g/mol. The predicted molar refractivity (Wildman–Crippen MR) is 64.0 cm³/mol. The Balaban J connectivity index is 2.39. The quantitative estimate of drug-likeness (QED) is 0.733. The Morgan fingerprint density at radius 1 is 1.29 bits per heavy atom. The van der Waals surface area contributed by atoms with E-state index < -0.39 is 0 Å². The van der Waals surface area contributed by atoms with Crippen molar-refractivity contribution >= 4 is 17.8 Å². The largest absolute Gasteiger partial charge is 0.485 e. The SMILES string of the molecule is CN(C)C(=O)c1ccc2c(c1)C=CC(=O)CO2. The van der Waals surface area contributed by atoms with E-state index in [0.29, 0.717) is 11.3 Å². The molecule has 0 saturated carbocycles. The summed E-state index contributed by atoms with van der Waals surface area (Å²) in [4.78, 5) is 24.5. The fourth-order valence-corrected chi connectivity index (χ4v) is 1.58. The zero-order chi connectivity index (χ0) is 12.4. The molecule has 0 fully saturated rings. The first-order chi connectivity index (χ1) is 8.08. The lowest BCUT2D eigenvalue weighted by Crippen LogP contribution is -2.21. The van der Waals surface area contributed by atoms with Gasteiger partial charge in [-0.25, -0.2) is 0 Å². The van der Waals surface area contributed by atoms with Crippen molar-refractivity contribution in [1.29, 1.82) is 0 Å². The van der Waals surface area contributed by atoms with E-state index >= 15 is 0 Å². The molecule has 0 radical (unpaired) electrons. The number of ether oxygens (including phenoxy) is 1.